The second-order valence-electron chi connectivity index (χ2n) is 7.14. The van der Waals surface area contributed by atoms with Gasteiger partial charge in [-0.15, -0.1) is 0 Å². The third kappa shape index (κ3) is 6.13. The molecule has 0 saturated heterocycles. The summed E-state index contributed by atoms with van der Waals surface area (Å²) in [6.07, 6.45) is 0. The summed E-state index contributed by atoms with van der Waals surface area (Å²) in [5.74, 6) is 0.737. The van der Waals surface area contributed by atoms with Gasteiger partial charge in [0.05, 0.1) is 31.8 Å². The van der Waals surface area contributed by atoms with Crippen molar-refractivity contribution in [1.29, 1.82) is 0 Å². The molecular formula is C24H24BrNO6S. The van der Waals surface area contributed by atoms with E-state index in [0.717, 1.165) is 11.1 Å². The molecule has 0 aliphatic rings. The first-order valence-corrected chi connectivity index (χ1v) is 12.1. The van der Waals surface area contributed by atoms with Gasteiger partial charge in [0.25, 0.3) is 0 Å². The Balaban J connectivity index is 2.02. The maximum Gasteiger partial charge on any atom is 0.337 e. The molecule has 3 rings (SSSR count). The minimum atomic E-state index is -3.98. The molecule has 0 fully saturated rings. The highest BCUT2D eigenvalue weighted by Crippen LogP contribution is 2.27. The van der Waals surface area contributed by atoms with Crippen LogP contribution < -0.4 is 9.47 Å². The summed E-state index contributed by atoms with van der Waals surface area (Å²) in [6.45, 7) is 0.247. The number of halogens is 1. The molecule has 0 heterocycles. The summed E-state index contributed by atoms with van der Waals surface area (Å²) < 4.78 is 44.4. The lowest BCUT2D eigenvalue weighted by Gasteiger charge is -2.23. The van der Waals surface area contributed by atoms with Crippen molar-refractivity contribution in [3.63, 3.8) is 0 Å². The molecule has 0 saturated carbocycles. The lowest BCUT2D eigenvalue weighted by atomic mass is 10.2. The Morgan fingerprint density at radius 3 is 1.73 bits per heavy atom. The molecule has 174 valence electrons. The van der Waals surface area contributed by atoms with E-state index in [1.165, 1.54) is 29.6 Å². The second kappa shape index (κ2) is 10.8. The Morgan fingerprint density at radius 2 is 1.30 bits per heavy atom. The van der Waals surface area contributed by atoms with Crippen molar-refractivity contribution in [1.82, 2.24) is 4.31 Å². The Labute approximate surface area is 202 Å². The summed E-state index contributed by atoms with van der Waals surface area (Å²) in [4.78, 5) is 12.0. The van der Waals surface area contributed by atoms with Gasteiger partial charge in [0.1, 0.15) is 11.5 Å². The average molecular weight is 534 g/mol. The van der Waals surface area contributed by atoms with E-state index in [-0.39, 0.29) is 23.5 Å². The normalized spacial score (nSPS) is 11.3. The highest BCUT2D eigenvalue weighted by atomic mass is 79.9. The molecule has 3 aromatic rings. The van der Waals surface area contributed by atoms with Crippen LogP contribution in [0, 0.1) is 0 Å². The van der Waals surface area contributed by atoms with Crippen LogP contribution >= 0.6 is 15.9 Å². The molecular weight excluding hydrogens is 510 g/mol. The molecule has 9 heteroatoms. The van der Waals surface area contributed by atoms with Crippen molar-refractivity contribution in [3.8, 4) is 11.5 Å². The highest BCUT2D eigenvalue weighted by Gasteiger charge is 2.27. The zero-order valence-corrected chi connectivity index (χ0v) is 20.9. The summed E-state index contributed by atoms with van der Waals surface area (Å²) in [6, 6.07) is 18.7. The number of hydrogen-bond donors (Lipinski definition) is 0. The molecule has 7 nitrogen and oxygen atoms in total. The molecule has 0 bridgehead atoms. The maximum absolute atomic E-state index is 13.7. The molecule has 0 aromatic heterocycles. The fraction of sp³-hybridized carbons (Fsp3) is 0.208. The molecule has 0 amide bonds. The van der Waals surface area contributed by atoms with Crippen LogP contribution in [0.3, 0.4) is 0 Å². The van der Waals surface area contributed by atoms with Crippen LogP contribution in [0.5, 0.6) is 11.5 Å². The van der Waals surface area contributed by atoms with Crippen molar-refractivity contribution < 1.29 is 27.4 Å². The van der Waals surface area contributed by atoms with Gasteiger partial charge in [-0.25, -0.2) is 13.2 Å². The standard InChI is InChI=1S/C24H24BrNO6S/c1-30-21-8-4-17(5-9-21)15-26(16-18-6-10-22(31-2)11-7-18)33(28,29)23-13-19(24(27)32-3)12-20(25)14-23/h4-14H,15-16H2,1-3H3. The number of hydrogen-bond acceptors (Lipinski definition) is 6. The number of carbonyl (C=O) groups is 1. The number of rotatable bonds is 9. The summed E-state index contributed by atoms with van der Waals surface area (Å²) in [5, 5.41) is 0. The van der Waals surface area contributed by atoms with Crippen LogP contribution in [0.4, 0.5) is 0 Å². The maximum atomic E-state index is 13.7. The van der Waals surface area contributed by atoms with Gasteiger partial charge in [-0.1, -0.05) is 40.2 Å². The van der Waals surface area contributed by atoms with Crippen molar-refractivity contribution in [2.24, 2.45) is 0 Å². The van der Waals surface area contributed by atoms with E-state index in [4.69, 9.17) is 14.2 Å². The molecule has 3 aromatic carbocycles. The fourth-order valence-corrected chi connectivity index (χ4v) is 5.32. The molecule has 33 heavy (non-hydrogen) atoms. The monoisotopic (exact) mass is 533 g/mol. The van der Waals surface area contributed by atoms with Gasteiger partial charge in [-0.05, 0) is 53.6 Å². The fourth-order valence-electron chi connectivity index (χ4n) is 3.19. The number of carbonyl (C=O) groups excluding carboxylic acids is 1. The first kappa shape index (κ1) is 24.8. The summed E-state index contributed by atoms with van der Waals surface area (Å²) >= 11 is 3.30. The van der Waals surface area contributed by atoms with E-state index in [1.54, 1.807) is 38.5 Å². The van der Waals surface area contributed by atoms with E-state index < -0.39 is 16.0 Å². The van der Waals surface area contributed by atoms with E-state index >= 15 is 0 Å². The van der Waals surface area contributed by atoms with Crippen LogP contribution in [-0.2, 0) is 27.8 Å². The van der Waals surface area contributed by atoms with Gasteiger partial charge in [-0.2, -0.15) is 4.31 Å². The first-order valence-electron chi connectivity index (χ1n) is 9.91. The molecule has 0 N–H and O–H groups in total. The average Bonchev–Trinajstić information content (AvgIpc) is 2.83. The van der Waals surface area contributed by atoms with Crippen molar-refractivity contribution in [3.05, 3.63) is 87.9 Å². The lowest BCUT2D eigenvalue weighted by molar-refractivity contribution is 0.0600. The Kier molecular flexibility index (Phi) is 8.12. The van der Waals surface area contributed by atoms with Gasteiger partial charge in [0, 0.05) is 17.6 Å². The minimum absolute atomic E-state index is 0.0145. The zero-order chi connectivity index (χ0) is 24.0. The van der Waals surface area contributed by atoms with Crippen LogP contribution in [0.2, 0.25) is 0 Å². The van der Waals surface area contributed by atoms with Crippen molar-refractivity contribution >= 4 is 31.9 Å². The number of methoxy groups -OCH3 is 3. The topological polar surface area (TPSA) is 82.1 Å². The molecule has 0 aliphatic heterocycles. The smallest absolute Gasteiger partial charge is 0.337 e. The molecule has 0 unspecified atom stereocenters. The Bertz CT molecular complexity index is 1160. The van der Waals surface area contributed by atoms with E-state index in [1.807, 2.05) is 24.3 Å². The van der Waals surface area contributed by atoms with Gasteiger partial charge >= 0.3 is 5.97 Å². The van der Waals surface area contributed by atoms with Gasteiger partial charge < -0.3 is 14.2 Å². The predicted molar refractivity (Wildman–Crippen MR) is 128 cm³/mol. The quantitative estimate of drug-likeness (QED) is 0.372. The molecule has 0 aliphatic carbocycles. The van der Waals surface area contributed by atoms with Crippen molar-refractivity contribution in [2.75, 3.05) is 21.3 Å². The van der Waals surface area contributed by atoms with E-state index in [9.17, 15) is 13.2 Å². The second-order valence-corrected chi connectivity index (χ2v) is 9.99. The van der Waals surface area contributed by atoms with Gasteiger partial charge in [0.2, 0.25) is 10.0 Å². The zero-order valence-electron chi connectivity index (χ0n) is 18.4. The summed E-state index contributed by atoms with van der Waals surface area (Å²) in [5.41, 5.74) is 1.71. The van der Waals surface area contributed by atoms with Gasteiger partial charge in [0.15, 0.2) is 0 Å². The largest absolute Gasteiger partial charge is 0.497 e. The minimum Gasteiger partial charge on any atom is -0.497 e. The number of ether oxygens (including phenoxy) is 3. The van der Waals surface area contributed by atoms with Crippen LogP contribution in [-0.4, -0.2) is 40.0 Å². The molecule has 0 atom stereocenters. The van der Waals surface area contributed by atoms with Crippen LogP contribution in [0.25, 0.3) is 0 Å². The highest BCUT2D eigenvalue weighted by molar-refractivity contribution is 9.10. The number of nitrogens with zero attached hydrogens (tertiary/aromatic N) is 1. The van der Waals surface area contributed by atoms with Crippen molar-refractivity contribution in [2.45, 2.75) is 18.0 Å². The van der Waals surface area contributed by atoms with Gasteiger partial charge in [-0.3, -0.25) is 0 Å². The van der Waals surface area contributed by atoms with E-state index in [2.05, 4.69) is 15.9 Å². The predicted octanol–water partition coefficient (Wildman–Crippen LogP) is 4.64. The van der Waals surface area contributed by atoms with Crippen LogP contribution in [0.15, 0.2) is 76.1 Å². The van der Waals surface area contributed by atoms with E-state index in [0.29, 0.717) is 16.0 Å². The first-order chi connectivity index (χ1) is 15.8. The number of esters is 1. The number of benzene rings is 3. The Hall–Kier alpha value is -2.88. The van der Waals surface area contributed by atoms with Crippen LogP contribution in [0.1, 0.15) is 21.5 Å². The Morgan fingerprint density at radius 1 is 0.818 bits per heavy atom. The molecule has 0 spiro atoms. The lowest BCUT2D eigenvalue weighted by Crippen LogP contribution is -2.30. The summed E-state index contributed by atoms with van der Waals surface area (Å²) in [7, 11) is 0.407. The SMILES string of the molecule is COC(=O)c1cc(Br)cc(S(=O)(=O)N(Cc2ccc(OC)cc2)Cc2ccc(OC)cc2)c1. The third-order valence-electron chi connectivity index (χ3n) is 4.97. The number of sulfonamides is 1. The molecule has 0 radical (unpaired) electrons. The third-order valence-corrected chi connectivity index (χ3v) is 7.19.